The summed E-state index contributed by atoms with van der Waals surface area (Å²) in [6, 6.07) is 22.4. The van der Waals surface area contributed by atoms with Gasteiger partial charge in [-0.25, -0.2) is 9.59 Å². The predicted octanol–water partition coefficient (Wildman–Crippen LogP) is 3.68. The maximum absolute atomic E-state index is 12.8. The molecule has 38 heavy (non-hydrogen) atoms. The number of imide groups is 1. The first-order valence-electron chi connectivity index (χ1n) is 12.4. The van der Waals surface area contributed by atoms with E-state index in [4.69, 9.17) is 14.3 Å². The molecule has 9 heteroatoms. The summed E-state index contributed by atoms with van der Waals surface area (Å²) >= 11 is 0. The number of carbonyl (C=O) groups excluding carboxylic acids is 4. The minimum atomic E-state index is -1.03. The normalized spacial score (nSPS) is 19.6. The highest BCUT2D eigenvalue weighted by Crippen LogP contribution is 2.44. The molecule has 0 spiro atoms. The maximum Gasteiger partial charge on any atom is 0.407 e. The molecule has 1 saturated heterocycles. The summed E-state index contributed by atoms with van der Waals surface area (Å²) in [7, 11) is 0. The number of rotatable bonds is 6. The SMILES string of the molecule is O=C(NC[C@H]1CCO[C@H]1C(=O)ON1C(=O)c2ccccc2C1=O)OCC1c2ccccc2-c2ccccc21. The Morgan fingerprint density at radius 1 is 0.842 bits per heavy atom. The van der Waals surface area contributed by atoms with Gasteiger partial charge in [-0.2, -0.15) is 0 Å². The minimum Gasteiger partial charge on any atom is -0.449 e. The molecule has 3 aromatic carbocycles. The number of alkyl carbamates (subject to hydrolysis) is 1. The van der Waals surface area contributed by atoms with Gasteiger partial charge in [0.15, 0.2) is 6.10 Å². The second-order valence-corrected chi connectivity index (χ2v) is 9.41. The van der Waals surface area contributed by atoms with Crippen molar-refractivity contribution in [3.63, 3.8) is 0 Å². The van der Waals surface area contributed by atoms with Gasteiger partial charge in [0.25, 0.3) is 11.8 Å². The monoisotopic (exact) mass is 512 g/mol. The van der Waals surface area contributed by atoms with E-state index in [1.54, 1.807) is 12.1 Å². The molecule has 3 amide bonds. The lowest BCUT2D eigenvalue weighted by atomic mass is 9.98. The largest absolute Gasteiger partial charge is 0.449 e. The summed E-state index contributed by atoms with van der Waals surface area (Å²) in [5, 5.41) is 3.17. The molecule has 0 radical (unpaired) electrons. The van der Waals surface area contributed by atoms with E-state index in [2.05, 4.69) is 17.4 Å². The molecule has 3 aliphatic rings. The van der Waals surface area contributed by atoms with E-state index in [0.717, 1.165) is 22.3 Å². The molecule has 192 valence electrons. The molecule has 0 aromatic heterocycles. The van der Waals surface area contributed by atoms with Gasteiger partial charge in [-0.05, 0) is 40.8 Å². The Bertz CT molecular complexity index is 1370. The number of fused-ring (bicyclic) bond motifs is 4. The standard InChI is InChI=1S/C29H24N2O7/c32-26-22-11-5-6-12-23(22)27(33)31(26)38-28(34)25-17(13-14-36-25)15-30-29(35)37-16-24-20-9-3-1-7-18(20)19-8-2-4-10-21(19)24/h1-12,17,24-25H,13-16H2,(H,30,35)/t17-,25-/m1/s1. The van der Waals surface area contributed by atoms with Gasteiger partial charge < -0.3 is 19.6 Å². The second kappa shape index (κ2) is 9.75. The van der Waals surface area contributed by atoms with E-state index >= 15 is 0 Å². The van der Waals surface area contributed by atoms with Crippen LogP contribution >= 0.6 is 0 Å². The van der Waals surface area contributed by atoms with Crippen LogP contribution in [0.3, 0.4) is 0 Å². The number of hydrogen-bond donors (Lipinski definition) is 1. The summed E-state index contributed by atoms with van der Waals surface area (Å²) in [6.45, 7) is 0.559. The number of ether oxygens (including phenoxy) is 2. The van der Waals surface area contributed by atoms with Crippen LogP contribution in [0.2, 0.25) is 0 Å². The van der Waals surface area contributed by atoms with Crippen LogP contribution in [0, 0.1) is 5.92 Å². The number of amides is 3. The summed E-state index contributed by atoms with van der Waals surface area (Å²) in [6.07, 6.45) is -1.15. The van der Waals surface area contributed by atoms with E-state index in [9.17, 15) is 19.2 Å². The smallest absolute Gasteiger partial charge is 0.407 e. The molecule has 0 saturated carbocycles. The van der Waals surface area contributed by atoms with Crippen molar-refractivity contribution in [1.29, 1.82) is 0 Å². The molecule has 6 rings (SSSR count). The fourth-order valence-corrected chi connectivity index (χ4v) is 5.36. The van der Waals surface area contributed by atoms with Crippen molar-refractivity contribution < 1.29 is 33.5 Å². The Hall–Kier alpha value is -4.50. The van der Waals surface area contributed by atoms with E-state index in [1.165, 1.54) is 12.1 Å². The fourth-order valence-electron chi connectivity index (χ4n) is 5.36. The summed E-state index contributed by atoms with van der Waals surface area (Å²) in [5.41, 5.74) is 4.85. The molecule has 1 aliphatic carbocycles. The minimum absolute atomic E-state index is 0.0645. The third-order valence-electron chi connectivity index (χ3n) is 7.24. The lowest BCUT2D eigenvalue weighted by Gasteiger charge is -2.20. The lowest BCUT2D eigenvalue weighted by Crippen LogP contribution is -2.41. The first-order valence-corrected chi connectivity index (χ1v) is 12.4. The van der Waals surface area contributed by atoms with Crippen LogP contribution in [0.25, 0.3) is 11.1 Å². The molecule has 2 aliphatic heterocycles. The van der Waals surface area contributed by atoms with Gasteiger partial charge in [0.2, 0.25) is 0 Å². The van der Waals surface area contributed by atoms with Gasteiger partial charge in [-0.1, -0.05) is 65.7 Å². The highest BCUT2D eigenvalue weighted by Gasteiger charge is 2.43. The molecule has 0 unspecified atom stereocenters. The molecular weight excluding hydrogens is 488 g/mol. The second-order valence-electron chi connectivity index (χ2n) is 9.41. The molecule has 1 fully saturated rings. The van der Waals surface area contributed by atoms with Gasteiger partial charge in [-0.3, -0.25) is 9.59 Å². The van der Waals surface area contributed by atoms with Gasteiger partial charge in [0, 0.05) is 25.0 Å². The number of carbonyl (C=O) groups is 4. The van der Waals surface area contributed by atoms with Crippen molar-refractivity contribution in [2.45, 2.75) is 18.4 Å². The van der Waals surface area contributed by atoms with Crippen LogP contribution in [0.15, 0.2) is 72.8 Å². The van der Waals surface area contributed by atoms with Gasteiger partial charge >= 0.3 is 12.1 Å². The van der Waals surface area contributed by atoms with Crippen molar-refractivity contribution in [3.8, 4) is 11.1 Å². The third kappa shape index (κ3) is 4.10. The van der Waals surface area contributed by atoms with Gasteiger partial charge in [0.1, 0.15) is 6.61 Å². The first kappa shape index (κ1) is 23.9. The van der Waals surface area contributed by atoms with E-state index in [0.29, 0.717) is 11.5 Å². The Balaban J connectivity index is 1.04. The quantitative estimate of drug-likeness (QED) is 0.502. The molecular formula is C29H24N2O7. The number of hydroxylamine groups is 2. The zero-order valence-corrected chi connectivity index (χ0v) is 20.3. The van der Waals surface area contributed by atoms with Crippen LogP contribution in [0.5, 0.6) is 0 Å². The van der Waals surface area contributed by atoms with Gasteiger partial charge in [-0.15, -0.1) is 0 Å². The molecule has 1 N–H and O–H groups in total. The number of nitrogens with zero attached hydrogens (tertiary/aromatic N) is 1. The number of nitrogens with one attached hydrogen (secondary N) is 1. The highest BCUT2D eigenvalue weighted by atomic mass is 16.7. The molecule has 9 nitrogen and oxygen atoms in total. The Morgan fingerprint density at radius 3 is 2.00 bits per heavy atom. The third-order valence-corrected chi connectivity index (χ3v) is 7.24. The molecule has 2 heterocycles. The highest BCUT2D eigenvalue weighted by molar-refractivity contribution is 6.20. The van der Waals surface area contributed by atoms with Crippen molar-refractivity contribution in [2.75, 3.05) is 19.8 Å². The average molecular weight is 513 g/mol. The lowest BCUT2D eigenvalue weighted by molar-refractivity contribution is -0.180. The topological polar surface area (TPSA) is 111 Å². The Labute approximate surface area is 218 Å². The molecule has 0 bridgehead atoms. The number of hydrogen-bond acceptors (Lipinski definition) is 7. The maximum atomic E-state index is 12.8. The van der Waals surface area contributed by atoms with Crippen LogP contribution in [-0.4, -0.2) is 54.8 Å². The van der Waals surface area contributed by atoms with Crippen molar-refractivity contribution in [3.05, 3.63) is 95.1 Å². The molecule has 2 atom stereocenters. The van der Waals surface area contributed by atoms with Crippen molar-refractivity contribution >= 4 is 23.9 Å². The first-order chi connectivity index (χ1) is 18.5. The fraction of sp³-hybridized carbons (Fsp3) is 0.241. The van der Waals surface area contributed by atoms with Crippen LogP contribution < -0.4 is 5.32 Å². The van der Waals surface area contributed by atoms with Crippen LogP contribution in [0.4, 0.5) is 4.79 Å². The van der Waals surface area contributed by atoms with Gasteiger partial charge in [0.05, 0.1) is 11.1 Å². The zero-order valence-electron chi connectivity index (χ0n) is 20.3. The Morgan fingerprint density at radius 2 is 1.39 bits per heavy atom. The molecule has 3 aromatic rings. The van der Waals surface area contributed by atoms with E-state index < -0.39 is 35.9 Å². The predicted molar refractivity (Wildman–Crippen MR) is 134 cm³/mol. The average Bonchev–Trinajstić information content (AvgIpc) is 3.61. The van der Waals surface area contributed by atoms with E-state index in [-0.39, 0.29) is 36.8 Å². The van der Waals surface area contributed by atoms with Crippen molar-refractivity contribution in [2.24, 2.45) is 5.92 Å². The van der Waals surface area contributed by atoms with Crippen molar-refractivity contribution in [1.82, 2.24) is 10.4 Å². The number of benzene rings is 3. The summed E-state index contributed by atoms with van der Waals surface area (Å²) < 4.78 is 11.1. The zero-order chi connectivity index (χ0) is 26.2. The Kier molecular flexibility index (Phi) is 6.13. The van der Waals surface area contributed by atoms with E-state index in [1.807, 2.05) is 36.4 Å². The van der Waals surface area contributed by atoms with Crippen LogP contribution in [-0.2, 0) is 19.1 Å². The summed E-state index contributed by atoms with van der Waals surface area (Å²) in [5.74, 6) is -2.74. The van der Waals surface area contributed by atoms with Crippen LogP contribution in [0.1, 0.15) is 44.2 Å². The summed E-state index contributed by atoms with van der Waals surface area (Å²) in [4.78, 5) is 55.5.